The molecule has 2 N–H and O–H groups in total. The minimum absolute atomic E-state index is 0.0218. The zero-order valence-electron chi connectivity index (χ0n) is 25.6. The number of amides is 1. The normalized spacial score (nSPS) is 20.4. The summed E-state index contributed by atoms with van der Waals surface area (Å²) in [6.45, 7) is 5.21. The molecule has 1 aliphatic heterocycles. The minimum atomic E-state index is -0.865. The van der Waals surface area contributed by atoms with Crippen LogP contribution in [0.1, 0.15) is 55.4 Å². The molecule has 0 unspecified atom stereocenters. The van der Waals surface area contributed by atoms with Crippen LogP contribution in [0.4, 0.5) is 0 Å². The topological polar surface area (TPSA) is 138 Å². The molecule has 1 amide bonds. The summed E-state index contributed by atoms with van der Waals surface area (Å²) in [6.07, 6.45) is -1.91. The molecule has 11 nitrogen and oxygen atoms in total. The van der Waals surface area contributed by atoms with E-state index in [2.05, 4.69) is 33.8 Å². The van der Waals surface area contributed by atoms with Crippen molar-refractivity contribution in [2.75, 3.05) is 5.75 Å². The third-order valence-electron chi connectivity index (χ3n) is 7.68. The van der Waals surface area contributed by atoms with Crippen LogP contribution >= 0.6 is 11.8 Å². The van der Waals surface area contributed by atoms with Gasteiger partial charge >= 0.3 is 5.97 Å². The lowest BCUT2D eigenvalue weighted by Gasteiger charge is -2.41. The highest BCUT2D eigenvalue weighted by molar-refractivity contribution is 7.99. The maximum atomic E-state index is 12.3. The zero-order chi connectivity index (χ0) is 31.9. The Morgan fingerprint density at radius 2 is 1.76 bits per heavy atom. The highest BCUT2D eigenvalue weighted by atomic mass is 32.2. The molecule has 5 rings (SSSR count). The second-order valence-corrected chi connectivity index (χ2v) is 12.0. The van der Waals surface area contributed by atoms with Crippen molar-refractivity contribution in [3.05, 3.63) is 95.1 Å². The number of aromatic nitrogens is 4. The predicted octanol–water partition coefficient (Wildman–Crippen LogP) is 4.52. The van der Waals surface area contributed by atoms with Crippen LogP contribution in [0, 0.1) is 5.92 Å². The van der Waals surface area contributed by atoms with Crippen molar-refractivity contribution in [1.82, 2.24) is 25.5 Å². The van der Waals surface area contributed by atoms with Crippen LogP contribution in [0.25, 0.3) is 11.1 Å². The molecule has 45 heavy (non-hydrogen) atoms. The van der Waals surface area contributed by atoms with Crippen LogP contribution in [0.2, 0.25) is 0 Å². The molecule has 5 atom stereocenters. The number of rotatable bonds is 11. The van der Waals surface area contributed by atoms with Crippen LogP contribution in [-0.4, -0.2) is 55.2 Å². The van der Waals surface area contributed by atoms with Gasteiger partial charge < -0.3 is 24.6 Å². The van der Waals surface area contributed by atoms with E-state index in [9.17, 15) is 14.7 Å². The highest BCUT2D eigenvalue weighted by Gasteiger charge is 2.38. The maximum absolute atomic E-state index is 12.3. The number of carbonyl (C=O) groups is 2. The largest absolute Gasteiger partial charge is 0.453 e. The highest BCUT2D eigenvalue weighted by Crippen LogP contribution is 2.43. The van der Waals surface area contributed by atoms with Crippen molar-refractivity contribution < 1.29 is 28.9 Å². The van der Waals surface area contributed by atoms with Crippen LogP contribution in [0.5, 0.6) is 0 Å². The van der Waals surface area contributed by atoms with Crippen molar-refractivity contribution in [3.8, 4) is 11.1 Å². The number of aliphatic hydroxyl groups is 1. The van der Waals surface area contributed by atoms with E-state index in [1.807, 2.05) is 73.8 Å². The number of aliphatic hydroxyl groups excluding tert-OH is 1. The summed E-state index contributed by atoms with van der Waals surface area (Å²) in [6, 6.07) is 23.8. The van der Waals surface area contributed by atoms with Gasteiger partial charge in [-0.3, -0.25) is 9.59 Å². The Balaban J connectivity index is 1.36. The summed E-state index contributed by atoms with van der Waals surface area (Å²) < 4.78 is 19.9. The van der Waals surface area contributed by atoms with E-state index in [0.29, 0.717) is 17.5 Å². The van der Waals surface area contributed by atoms with Gasteiger partial charge in [0.2, 0.25) is 5.16 Å². The molecular formula is C33H37N5O6S. The Labute approximate surface area is 266 Å². The molecule has 3 aromatic carbocycles. The van der Waals surface area contributed by atoms with Gasteiger partial charge in [-0.05, 0) is 57.3 Å². The van der Waals surface area contributed by atoms with Crippen LogP contribution in [0.15, 0.2) is 78.0 Å². The van der Waals surface area contributed by atoms with E-state index >= 15 is 0 Å². The van der Waals surface area contributed by atoms with Gasteiger partial charge in [-0.1, -0.05) is 79.3 Å². The van der Waals surface area contributed by atoms with Gasteiger partial charge in [-0.25, -0.2) is 4.68 Å². The number of nitrogens with zero attached hydrogens (tertiary/aromatic N) is 4. The third kappa shape index (κ3) is 8.14. The second kappa shape index (κ2) is 14.8. The first-order valence-electron chi connectivity index (χ1n) is 14.7. The number of hydrogen-bond donors (Lipinski definition) is 2. The monoisotopic (exact) mass is 631 g/mol. The first kappa shape index (κ1) is 32.3. The summed E-state index contributed by atoms with van der Waals surface area (Å²) in [7, 11) is 1.81. The van der Waals surface area contributed by atoms with Crippen molar-refractivity contribution >= 4 is 23.6 Å². The van der Waals surface area contributed by atoms with Crippen LogP contribution in [0.3, 0.4) is 0 Å². The van der Waals surface area contributed by atoms with E-state index < -0.39 is 18.4 Å². The van der Waals surface area contributed by atoms with Gasteiger partial charge in [0, 0.05) is 37.8 Å². The summed E-state index contributed by atoms with van der Waals surface area (Å²) in [5.41, 5.74) is 5.57. The molecule has 0 radical (unpaired) electrons. The number of nitrogens with one attached hydrogen (secondary N) is 1. The maximum Gasteiger partial charge on any atom is 0.303 e. The summed E-state index contributed by atoms with van der Waals surface area (Å²) >= 11 is 1.54. The van der Waals surface area contributed by atoms with E-state index in [0.717, 1.165) is 33.4 Å². The molecule has 1 saturated heterocycles. The standard InChI is InChI=1S/C33H37N5O6S/c1-20-29(19-45-33-35-36-37-38(33)4)43-32(44-30(20)25-13-11-23(18-39)12-14-25)28-10-6-9-27(16-28)26-8-5-7-24(15-26)17-34-31(41)21(2)42-22(3)40/h5-16,20-21,29-30,32,39H,17-19H2,1-4H3,(H,34,41)/t20-,21+,29+,30+,32+/m1/s1. The van der Waals surface area contributed by atoms with E-state index in [1.165, 1.54) is 18.7 Å². The summed E-state index contributed by atoms with van der Waals surface area (Å²) in [5.74, 6) is -0.210. The molecule has 0 saturated carbocycles. The first-order valence-corrected chi connectivity index (χ1v) is 15.7. The molecule has 236 valence electrons. The van der Waals surface area contributed by atoms with Crippen molar-refractivity contribution in [1.29, 1.82) is 0 Å². The van der Waals surface area contributed by atoms with E-state index in [-0.39, 0.29) is 30.6 Å². The van der Waals surface area contributed by atoms with E-state index in [1.54, 1.807) is 11.6 Å². The molecule has 2 heterocycles. The fraction of sp³-hybridized carbons (Fsp3) is 0.364. The second-order valence-electron chi connectivity index (χ2n) is 11.0. The number of ether oxygens (including phenoxy) is 3. The Morgan fingerprint density at radius 3 is 2.44 bits per heavy atom. The average Bonchev–Trinajstić information content (AvgIpc) is 3.47. The zero-order valence-corrected chi connectivity index (χ0v) is 26.4. The van der Waals surface area contributed by atoms with Gasteiger partial charge in [0.1, 0.15) is 0 Å². The fourth-order valence-corrected chi connectivity index (χ4v) is 6.18. The van der Waals surface area contributed by atoms with Crippen LogP contribution in [-0.2, 0) is 44.0 Å². The van der Waals surface area contributed by atoms with Crippen LogP contribution < -0.4 is 5.32 Å². The number of thioether (sulfide) groups is 1. The molecule has 0 spiro atoms. The average molecular weight is 632 g/mol. The minimum Gasteiger partial charge on any atom is -0.453 e. The molecule has 0 bridgehead atoms. The van der Waals surface area contributed by atoms with Crippen molar-refractivity contribution in [3.63, 3.8) is 0 Å². The predicted molar refractivity (Wildman–Crippen MR) is 167 cm³/mol. The molecule has 4 aromatic rings. The molecule has 1 fully saturated rings. The number of hydrogen-bond acceptors (Lipinski definition) is 10. The third-order valence-corrected chi connectivity index (χ3v) is 8.78. The Bertz CT molecular complexity index is 1610. The molecule has 0 aliphatic carbocycles. The number of aryl methyl sites for hydroxylation is 1. The van der Waals surface area contributed by atoms with E-state index in [4.69, 9.17) is 14.2 Å². The van der Waals surface area contributed by atoms with Crippen molar-refractivity contribution in [2.45, 2.75) is 63.7 Å². The van der Waals surface area contributed by atoms with Gasteiger partial charge in [0.15, 0.2) is 12.4 Å². The number of benzene rings is 3. The fourth-order valence-electron chi connectivity index (χ4n) is 5.17. The summed E-state index contributed by atoms with van der Waals surface area (Å²) in [5, 5.41) is 24.9. The molecular weight excluding hydrogens is 594 g/mol. The van der Waals surface area contributed by atoms with Gasteiger partial charge in [-0.15, -0.1) is 5.10 Å². The molecule has 1 aromatic heterocycles. The number of esters is 1. The lowest BCUT2D eigenvalue weighted by atomic mass is 9.91. The Kier molecular flexibility index (Phi) is 10.6. The lowest BCUT2D eigenvalue weighted by molar-refractivity contribution is -0.268. The van der Waals surface area contributed by atoms with Crippen molar-refractivity contribution in [2.24, 2.45) is 13.0 Å². The number of tetrazole rings is 1. The number of carbonyl (C=O) groups excluding carboxylic acids is 2. The lowest BCUT2D eigenvalue weighted by Crippen LogP contribution is -2.38. The Hall–Kier alpha value is -4.10. The summed E-state index contributed by atoms with van der Waals surface area (Å²) in [4.78, 5) is 23.5. The van der Waals surface area contributed by atoms with Gasteiger partial charge in [0.05, 0.1) is 18.8 Å². The van der Waals surface area contributed by atoms with Gasteiger partial charge in [0.25, 0.3) is 5.91 Å². The quantitative estimate of drug-likeness (QED) is 0.180. The molecule has 1 aliphatic rings. The van der Waals surface area contributed by atoms with Gasteiger partial charge in [-0.2, -0.15) is 0 Å². The molecule has 12 heteroatoms. The first-order chi connectivity index (χ1) is 21.7. The SMILES string of the molecule is CC(=O)O[C@@H](C)C(=O)NCc1cccc(-c2cccc([C@H]3O[C@@H](CSc4nnnn4C)[C@@H](C)[C@@H](c4ccc(CO)cc4)O3)c2)c1. The smallest absolute Gasteiger partial charge is 0.303 e. The Morgan fingerprint density at radius 1 is 1.02 bits per heavy atom.